The molecule has 1 fully saturated rings. The van der Waals surface area contributed by atoms with E-state index in [0.717, 1.165) is 5.69 Å². The molecule has 2 rings (SSSR count). The highest BCUT2D eigenvalue weighted by Crippen LogP contribution is 2.13. The number of carbonyl (C=O) groups is 2. The molecule has 1 unspecified atom stereocenters. The van der Waals surface area contributed by atoms with Crippen molar-refractivity contribution in [3.05, 3.63) is 24.5 Å². The first-order chi connectivity index (χ1) is 7.66. The summed E-state index contributed by atoms with van der Waals surface area (Å²) in [6.45, 7) is 1.80. The summed E-state index contributed by atoms with van der Waals surface area (Å²) in [5.74, 6) is -0.424. The van der Waals surface area contributed by atoms with Gasteiger partial charge in [-0.3, -0.25) is 25.0 Å². The Morgan fingerprint density at radius 2 is 2.50 bits per heavy atom. The van der Waals surface area contributed by atoms with Crippen LogP contribution in [0, 0.1) is 0 Å². The minimum Gasteiger partial charge on any atom is -0.343 e. The highest BCUT2D eigenvalue weighted by atomic mass is 16.2. The lowest BCUT2D eigenvalue weighted by molar-refractivity contribution is -0.126. The van der Waals surface area contributed by atoms with E-state index in [1.165, 1.54) is 6.92 Å². The molecular formula is C10H12N4O2. The molecule has 6 nitrogen and oxygen atoms in total. The van der Waals surface area contributed by atoms with Crippen molar-refractivity contribution in [1.82, 2.24) is 15.7 Å². The van der Waals surface area contributed by atoms with E-state index in [4.69, 9.17) is 0 Å². The maximum Gasteiger partial charge on any atom is 0.262 e. The molecule has 1 atom stereocenters. The van der Waals surface area contributed by atoms with Gasteiger partial charge in [-0.15, -0.1) is 0 Å². The van der Waals surface area contributed by atoms with Crippen molar-refractivity contribution in [3.8, 4) is 0 Å². The fraction of sp³-hybridized carbons (Fsp3) is 0.300. The molecule has 1 aromatic rings. The molecular weight excluding hydrogens is 208 g/mol. The largest absolute Gasteiger partial charge is 0.343 e. The van der Waals surface area contributed by atoms with Crippen LogP contribution in [-0.4, -0.2) is 29.4 Å². The SMILES string of the molecule is CC(=O)NC1CN(c2cccnc2)NC1=O. The van der Waals surface area contributed by atoms with Gasteiger partial charge in [-0.1, -0.05) is 0 Å². The summed E-state index contributed by atoms with van der Waals surface area (Å²) in [7, 11) is 0. The zero-order chi connectivity index (χ0) is 11.5. The first-order valence-electron chi connectivity index (χ1n) is 4.92. The molecule has 84 valence electrons. The fourth-order valence-electron chi connectivity index (χ4n) is 1.56. The zero-order valence-electron chi connectivity index (χ0n) is 8.80. The van der Waals surface area contributed by atoms with Crippen molar-refractivity contribution in [2.75, 3.05) is 11.6 Å². The van der Waals surface area contributed by atoms with E-state index in [-0.39, 0.29) is 11.8 Å². The summed E-state index contributed by atoms with van der Waals surface area (Å²) in [6, 6.07) is 3.12. The third kappa shape index (κ3) is 2.10. The van der Waals surface area contributed by atoms with E-state index in [2.05, 4.69) is 15.7 Å². The Balaban J connectivity index is 2.07. The van der Waals surface area contributed by atoms with Gasteiger partial charge in [0.15, 0.2) is 0 Å². The van der Waals surface area contributed by atoms with Crippen molar-refractivity contribution < 1.29 is 9.59 Å². The number of hydrogen-bond donors (Lipinski definition) is 2. The van der Waals surface area contributed by atoms with Gasteiger partial charge in [0.1, 0.15) is 6.04 Å². The van der Waals surface area contributed by atoms with E-state index in [1.54, 1.807) is 23.5 Å². The van der Waals surface area contributed by atoms with Gasteiger partial charge < -0.3 is 5.32 Å². The molecule has 0 aromatic carbocycles. The molecule has 1 aliphatic heterocycles. The maximum atomic E-state index is 11.5. The lowest BCUT2D eigenvalue weighted by Gasteiger charge is -2.16. The molecule has 1 saturated heterocycles. The highest BCUT2D eigenvalue weighted by Gasteiger charge is 2.31. The molecule has 0 spiro atoms. The molecule has 1 aromatic heterocycles. The van der Waals surface area contributed by atoms with Crippen molar-refractivity contribution in [2.45, 2.75) is 13.0 Å². The first-order valence-corrected chi connectivity index (χ1v) is 4.92. The Labute approximate surface area is 92.6 Å². The number of hydrogen-bond acceptors (Lipinski definition) is 4. The second-order valence-corrected chi connectivity index (χ2v) is 3.55. The Kier molecular flexibility index (Phi) is 2.72. The quantitative estimate of drug-likeness (QED) is 0.700. The number of hydrazine groups is 1. The average Bonchev–Trinajstić information content (AvgIpc) is 2.61. The molecule has 2 amide bonds. The standard InChI is InChI=1S/C10H12N4O2/c1-7(15)12-9-6-14(13-10(9)16)8-3-2-4-11-5-8/h2-5,9H,6H2,1H3,(H,12,15)(H,13,16). The Bertz CT molecular complexity index is 407. The molecule has 2 N–H and O–H groups in total. The van der Waals surface area contributed by atoms with E-state index < -0.39 is 6.04 Å². The van der Waals surface area contributed by atoms with Gasteiger partial charge >= 0.3 is 0 Å². The van der Waals surface area contributed by atoms with Crippen LogP contribution in [0.5, 0.6) is 0 Å². The summed E-state index contributed by atoms with van der Waals surface area (Å²) in [6.07, 6.45) is 3.31. The van der Waals surface area contributed by atoms with Crippen LogP contribution in [0.15, 0.2) is 24.5 Å². The number of amides is 2. The predicted molar refractivity (Wildman–Crippen MR) is 57.3 cm³/mol. The number of nitrogens with zero attached hydrogens (tertiary/aromatic N) is 2. The number of aromatic nitrogens is 1. The number of rotatable bonds is 2. The summed E-state index contributed by atoms with van der Waals surface area (Å²) >= 11 is 0. The maximum absolute atomic E-state index is 11.5. The molecule has 6 heteroatoms. The topological polar surface area (TPSA) is 74.3 Å². The van der Waals surface area contributed by atoms with Gasteiger partial charge in [-0.2, -0.15) is 0 Å². The van der Waals surface area contributed by atoms with Gasteiger partial charge in [0.25, 0.3) is 5.91 Å². The molecule has 2 heterocycles. The second-order valence-electron chi connectivity index (χ2n) is 3.55. The average molecular weight is 220 g/mol. The molecule has 0 saturated carbocycles. The van der Waals surface area contributed by atoms with Crippen LogP contribution in [0.25, 0.3) is 0 Å². The number of nitrogens with one attached hydrogen (secondary N) is 2. The second kappa shape index (κ2) is 4.18. The van der Waals surface area contributed by atoms with Crippen LogP contribution >= 0.6 is 0 Å². The molecule has 0 bridgehead atoms. The molecule has 16 heavy (non-hydrogen) atoms. The van der Waals surface area contributed by atoms with Crippen molar-refractivity contribution in [3.63, 3.8) is 0 Å². The van der Waals surface area contributed by atoms with Gasteiger partial charge in [-0.05, 0) is 12.1 Å². The molecule has 1 aliphatic rings. The third-order valence-electron chi connectivity index (χ3n) is 2.26. The monoisotopic (exact) mass is 220 g/mol. The minimum absolute atomic E-state index is 0.209. The number of carbonyl (C=O) groups excluding carboxylic acids is 2. The number of anilines is 1. The van der Waals surface area contributed by atoms with Crippen LogP contribution in [0.1, 0.15) is 6.92 Å². The van der Waals surface area contributed by atoms with E-state index in [1.807, 2.05) is 6.07 Å². The lowest BCUT2D eigenvalue weighted by atomic mass is 10.3. The molecule has 0 aliphatic carbocycles. The minimum atomic E-state index is -0.502. The van der Waals surface area contributed by atoms with Crippen LogP contribution < -0.4 is 15.8 Å². The summed E-state index contributed by atoms with van der Waals surface area (Å²) in [4.78, 5) is 26.3. The van der Waals surface area contributed by atoms with Crippen molar-refractivity contribution in [2.24, 2.45) is 0 Å². The van der Waals surface area contributed by atoms with E-state index in [0.29, 0.717) is 6.54 Å². The van der Waals surface area contributed by atoms with Gasteiger partial charge in [-0.25, -0.2) is 0 Å². The van der Waals surface area contributed by atoms with Gasteiger partial charge in [0.05, 0.1) is 18.4 Å². The van der Waals surface area contributed by atoms with Crippen LogP contribution in [0.2, 0.25) is 0 Å². The lowest BCUT2D eigenvalue weighted by Crippen LogP contribution is -2.40. The predicted octanol–water partition coefficient (Wildman–Crippen LogP) is -0.563. The van der Waals surface area contributed by atoms with Gasteiger partial charge in [0.2, 0.25) is 5.91 Å². The van der Waals surface area contributed by atoms with E-state index in [9.17, 15) is 9.59 Å². The zero-order valence-corrected chi connectivity index (χ0v) is 8.80. The normalized spacial score (nSPS) is 19.4. The van der Waals surface area contributed by atoms with Crippen LogP contribution in [-0.2, 0) is 9.59 Å². The van der Waals surface area contributed by atoms with Crippen LogP contribution in [0.4, 0.5) is 5.69 Å². The first kappa shape index (κ1) is 10.4. The van der Waals surface area contributed by atoms with Crippen molar-refractivity contribution >= 4 is 17.5 Å². The summed E-state index contributed by atoms with van der Waals surface area (Å²) < 4.78 is 0. The number of pyridine rings is 1. The highest BCUT2D eigenvalue weighted by molar-refractivity contribution is 5.90. The summed E-state index contributed by atoms with van der Waals surface area (Å²) in [5.41, 5.74) is 3.46. The van der Waals surface area contributed by atoms with Crippen LogP contribution in [0.3, 0.4) is 0 Å². The van der Waals surface area contributed by atoms with Crippen molar-refractivity contribution in [1.29, 1.82) is 0 Å². The Morgan fingerprint density at radius 1 is 1.69 bits per heavy atom. The summed E-state index contributed by atoms with van der Waals surface area (Å²) in [5, 5.41) is 4.24. The Hall–Kier alpha value is -2.11. The smallest absolute Gasteiger partial charge is 0.262 e. The Morgan fingerprint density at radius 3 is 3.12 bits per heavy atom. The third-order valence-corrected chi connectivity index (χ3v) is 2.26. The molecule has 0 radical (unpaired) electrons. The fourth-order valence-corrected chi connectivity index (χ4v) is 1.56. The van der Waals surface area contributed by atoms with E-state index >= 15 is 0 Å². The van der Waals surface area contributed by atoms with Gasteiger partial charge in [0, 0.05) is 13.1 Å².